The van der Waals surface area contributed by atoms with E-state index < -0.39 is 0 Å². The number of hydrogen-bond donors (Lipinski definition) is 0. The molecular weight excluding hydrogens is 158 g/mol. The zero-order valence-corrected chi connectivity index (χ0v) is 8.97. The molecule has 1 heterocycles. The largest absolute Gasteiger partial charge is 0.303 e. The van der Waals surface area contributed by atoms with Crippen LogP contribution >= 0.6 is 0 Å². The van der Waals surface area contributed by atoms with E-state index in [-0.39, 0.29) is 0 Å². The Hall–Kier alpha value is -0.0400. The monoisotopic (exact) mass is 181 g/mol. The Bertz CT molecular complexity index is 149. The van der Waals surface area contributed by atoms with Crippen molar-refractivity contribution in [2.45, 2.75) is 57.4 Å². The number of piperidine rings is 1. The van der Waals surface area contributed by atoms with Gasteiger partial charge in [0.15, 0.2) is 0 Å². The second-order valence-electron chi connectivity index (χ2n) is 4.94. The van der Waals surface area contributed by atoms with Crippen LogP contribution in [0.15, 0.2) is 0 Å². The van der Waals surface area contributed by atoms with Crippen LogP contribution in [-0.4, -0.2) is 24.5 Å². The van der Waals surface area contributed by atoms with Crippen molar-refractivity contribution in [1.82, 2.24) is 4.90 Å². The number of nitrogens with zero attached hydrogens (tertiary/aromatic N) is 1. The molecule has 0 N–H and O–H groups in total. The van der Waals surface area contributed by atoms with Crippen molar-refractivity contribution < 1.29 is 0 Å². The summed E-state index contributed by atoms with van der Waals surface area (Å²) in [4.78, 5) is 2.62. The molecule has 13 heavy (non-hydrogen) atoms. The normalized spacial score (nSPS) is 33.5. The van der Waals surface area contributed by atoms with Crippen molar-refractivity contribution in [3.8, 4) is 0 Å². The summed E-state index contributed by atoms with van der Waals surface area (Å²) in [6.45, 7) is 1.35. The van der Waals surface area contributed by atoms with Crippen molar-refractivity contribution in [3.63, 3.8) is 0 Å². The van der Waals surface area contributed by atoms with Crippen molar-refractivity contribution in [3.05, 3.63) is 0 Å². The minimum atomic E-state index is 0.939. The third-order valence-electron chi connectivity index (χ3n) is 4.02. The summed E-state index contributed by atoms with van der Waals surface area (Å²) in [5, 5.41) is 0. The molecule has 1 atom stereocenters. The molecule has 2 fully saturated rings. The van der Waals surface area contributed by atoms with E-state index in [0.29, 0.717) is 0 Å². The second kappa shape index (κ2) is 4.45. The van der Waals surface area contributed by atoms with E-state index in [1.165, 1.54) is 57.9 Å². The summed E-state index contributed by atoms with van der Waals surface area (Å²) in [7, 11) is 2.33. The maximum Gasteiger partial charge on any atom is 0.0120 e. The van der Waals surface area contributed by atoms with Gasteiger partial charge in [-0.3, -0.25) is 0 Å². The molecule has 2 aliphatic rings. The molecule has 1 saturated carbocycles. The molecule has 0 radical (unpaired) electrons. The van der Waals surface area contributed by atoms with Crippen molar-refractivity contribution in [2.75, 3.05) is 13.6 Å². The molecule has 0 bridgehead atoms. The average molecular weight is 181 g/mol. The van der Waals surface area contributed by atoms with Crippen LogP contribution in [0.1, 0.15) is 51.4 Å². The highest BCUT2D eigenvalue weighted by Gasteiger charge is 2.28. The minimum absolute atomic E-state index is 0.939. The summed E-state index contributed by atoms with van der Waals surface area (Å²) in [5.74, 6) is 1.04. The Balaban J connectivity index is 1.88. The number of hydrogen-bond acceptors (Lipinski definition) is 1. The van der Waals surface area contributed by atoms with Crippen LogP contribution in [0.4, 0.5) is 0 Å². The molecule has 0 unspecified atom stereocenters. The molecule has 0 aromatic heterocycles. The predicted molar refractivity (Wildman–Crippen MR) is 56.8 cm³/mol. The van der Waals surface area contributed by atoms with E-state index in [9.17, 15) is 0 Å². The van der Waals surface area contributed by atoms with E-state index in [2.05, 4.69) is 11.9 Å². The van der Waals surface area contributed by atoms with Crippen molar-refractivity contribution in [2.24, 2.45) is 5.92 Å². The molecule has 0 amide bonds. The summed E-state index contributed by atoms with van der Waals surface area (Å²) in [6.07, 6.45) is 11.9. The molecule has 0 aromatic carbocycles. The summed E-state index contributed by atoms with van der Waals surface area (Å²) >= 11 is 0. The van der Waals surface area contributed by atoms with Gasteiger partial charge in [-0.2, -0.15) is 0 Å². The summed E-state index contributed by atoms with van der Waals surface area (Å²) < 4.78 is 0. The van der Waals surface area contributed by atoms with Crippen LogP contribution in [-0.2, 0) is 0 Å². The van der Waals surface area contributed by atoms with Crippen LogP contribution in [0.5, 0.6) is 0 Å². The Labute approximate surface area is 82.5 Å². The highest BCUT2D eigenvalue weighted by atomic mass is 15.1. The lowest BCUT2D eigenvalue weighted by Gasteiger charge is -2.39. The Morgan fingerprint density at radius 1 is 0.846 bits per heavy atom. The van der Waals surface area contributed by atoms with E-state index in [1.807, 2.05) is 0 Å². The van der Waals surface area contributed by atoms with Crippen LogP contribution in [0, 0.1) is 5.92 Å². The first-order chi connectivity index (χ1) is 6.38. The lowest BCUT2D eigenvalue weighted by molar-refractivity contribution is 0.106. The van der Waals surface area contributed by atoms with Crippen LogP contribution in [0.25, 0.3) is 0 Å². The Morgan fingerprint density at radius 3 is 2.23 bits per heavy atom. The molecule has 0 aromatic rings. The van der Waals surface area contributed by atoms with Crippen LogP contribution < -0.4 is 0 Å². The van der Waals surface area contributed by atoms with Gasteiger partial charge in [-0.15, -0.1) is 0 Å². The van der Waals surface area contributed by atoms with Gasteiger partial charge in [0.05, 0.1) is 0 Å². The van der Waals surface area contributed by atoms with E-state index in [1.54, 1.807) is 0 Å². The quantitative estimate of drug-likeness (QED) is 0.601. The lowest BCUT2D eigenvalue weighted by atomic mass is 9.80. The van der Waals surface area contributed by atoms with E-state index in [0.717, 1.165) is 12.0 Å². The molecule has 2 rings (SSSR count). The summed E-state index contributed by atoms with van der Waals surface area (Å²) in [5.41, 5.74) is 0. The smallest absolute Gasteiger partial charge is 0.0120 e. The number of likely N-dealkylation sites (tertiary alicyclic amines) is 1. The van der Waals surface area contributed by atoms with E-state index >= 15 is 0 Å². The second-order valence-corrected chi connectivity index (χ2v) is 4.94. The molecule has 1 saturated heterocycles. The maximum atomic E-state index is 2.62. The van der Waals surface area contributed by atoms with Gasteiger partial charge in [-0.25, -0.2) is 0 Å². The fraction of sp³-hybridized carbons (Fsp3) is 1.00. The van der Waals surface area contributed by atoms with Gasteiger partial charge >= 0.3 is 0 Å². The van der Waals surface area contributed by atoms with Gasteiger partial charge in [0.1, 0.15) is 0 Å². The van der Waals surface area contributed by atoms with Crippen LogP contribution in [0.2, 0.25) is 0 Å². The van der Waals surface area contributed by atoms with Crippen molar-refractivity contribution >= 4 is 0 Å². The standard InChI is InChI=1S/C12H23N/c1-13-10-6-5-9-12(13)11-7-3-2-4-8-11/h11-12H,2-10H2,1H3/t12-/m0/s1. The van der Waals surface area contributed by atoms with E-state index in [4.69, 9.17) is 0 Å². The fourth-order valence-electron chi connectivity index (χ4n) is 3.22. The van der Waals surface area contributed by atoms with Gasteiger partial charge in [0.25, 0.3) is 0 Å². The van der Waals surface area contributed by atoms with Gasteiger partial charge in [0, 0.05) is 6.04 Å². The molecule has 1 aliphatic carbocycles. The van der Waals surface area contributed by atoms with Gasteiger partial charge in [-0.05, 0) is 45.2 Å². The topological polar surface area (TPSA) is 3.24 Å². The first-order valence-electron chi connectivity index (χ1n) is 6.08. The zero-order chi connectivity index (χ0) is 9.10. The highest BCUT2D eigenvalue weighted by molar-refractivity contribution is 4.82. The third kappa shape index (κ3) is 2.25. The molecule has 1 nitrogen and oxygen atoms in total. The first kappa shape index (κ1) is 9.51. The van der Waals surface area contributed by atoms with Gasteiger partial charge in [-0.1, -0.05) is 25.7 Å². The Morgan fingerprint density at radius 2 is 1.54 bits per heavy atom. The van der Waals surface area contributed by atoms with Crippen molar-refractivity contribution in [1.29, 1.82) is 0 Å². The number of rotatable bonds is 1. The van der Waals surface area contributed by atoms with Gasteiger partial charge < -0.3 is 4.90 Å². The maximum absolute atomic E-state index is 2.62. The molecular formula is C12H23N. The summed E-state index contributed by atoms with van der Waals surface area (Å²) in [6, 6.07) is 0.939. The lowest BCUT2D eigenvalue weighted by Crippen LogP contribution is -2.42. The highest BCUT2D eigenvalue weighted by Crippen LogP contribution is 2.32. The molecule has 76 valence electrons. The molecule has 0 spiro atoms. The fourth-order valence-corrected chi connectivity index (χ4v) is 3.22. The first-order valence-corrected chi connectivity index (χ1v) is 6.08. The molecule has 1 aliphatic heterocycles. The predicted octanol–water partition coefficient (Wildman–Crippen LogP) is 3.05. The third-order valence-corrected chi connectivity index (χ3v) is 4.02. The van der Waals surface area contributed by atoms with Gasteiger partial charge in [0.2, 0.25) is 0 Å². The van der Waals surface area contributed by atoms with Crippen LogP contribution in [0.3, 0.4) is 0 Å². The minimum Gasteiger partial charge on any atom is -0.303 e. The Kier molecular flexibility index (Phi) is 3.26. The zero-order valence-electron chi connectivity index (χ0n) is 8.97. The average Bonchev–Trinajstić information content (AvgIpc) is 2.20. The molecule has 1 heteroatoms. The SMILES string of the molecule is CN1CCCC[C@H]1C1CCCCC1.